The van der Waals surface area contributed by atoms with Crippen molar-refractivity contribution >= 4 is 33.1 Å². The van der Waals surface area contributed by atoms with Gasteiger partial charge in [-0.3, -0.25) is 0 Å². The third-order valence-electron chi connectivity index (χ3n) is 4.00. The average molecular weight is 478 g/mol. The Hall–Kier alpha value is -2.94. The Morgan fingerprint density at radius 1 is 1.23 bits per heavy atom. The molecule has 3 aromatic rings. The molecule has 0 bridgehead atoms. The van der Waals surface area contributed by atoms with Crippen LogP contribution in [0.5, 0.6) is 0 Å². The third kappa shape index (κ3) is 5.79. The van der Waals surface area contributed by atoms with Gasteiger partial charge in [-0.2, -0.15) is 13.2 Å². The number of alkyl halides is 3. The molecule has 5 nitrogen and oxygen atoms in total. The molecule has 0 aliphatic carbocycles. The summed E-state index contributed by atoms with van der Waals surface area (Å²) in [5.74, 6) is 0.444. The first-order valence-electron chi connectivity index (χ1n) is 9.22. The molecular formula is C21H19BrF3N5. The van der Waals surface area contributed by atoms with Crippen molar-refractivity contribution in [3.05, 3.63) is 82.6 Å². The second-order valence-electron chi connectivity index (χ2n) is 6.32. The number of amidine groups is 1. The van der Waals surface area contributed by atoms with E-state index in [4.69, 9.17) is 0 Å². The van der Waals surface area contributed by atoms with Gasteiger partial charge in [0.2, 0.25) is 0 Å². The smallest absolute Gasteiger partial charge is 0.359 e. The van der Waals surface area contributed by atoms with Crippen molar-refractivity contribution in [2.45, 2.75) is 25.9 Å². The summed E-state index contributed by atoms with van der Waals surface area (Å²) in [6, 6.07) is 11.0. The number of anilines is 1. The Morgan fingerprint density at radius 3 is 2.73 bits per heavy atom. The standard InChI is InChI=1S/C21H19BrF3N5/c1-2-3-6-16(15-7-4-9-18(29-15)21(23,24)25)30-20(17-8-5-11-26-17)28-14-10-12-27-19(22)13-14/h4-13,26H,2-3H2,1H3,(H,27,28,30)/b16-6+. The highest BCUT2D eigenvalue weighted by Crippen LogP contribution is 2.29. The molecule has 0 radical (unpaired) electrons. The average Bonchev–Trinajstić information content (AvgIpc) is 3.24. The molecular weight excluding hydrogens is 459 g/mol. The SMILES string of the molecule is CCC/C=C(/N=C(Nc1ccnc(Br)c1)c1ccc[nH]1)c1cccc(C(F)(F)F)n1. The summed E-state index contributed by atoms with van der Waals surface area (Å²) in [7, 11) is 0. The van der Waals surface area contributed by atoms with E-state index in [2.05, 4.69) is 41.2 Å². The molecule has 0 aromatic carbocycles. The lowest BCUT2D eigenvalue weighted by Gasteiger charge is -2.12. The molecule has 2 N–H and O–H groups in total. The molecule has 30 heavy (non-hydrogen) atoms. The van der Waals surface area contributed by atoms with E-state index in [1.807, 2.05) is 19.1 Å². The molecule has 0 atom stereocenters. The number of pyridine rings is 2. The maximum absolute atomic E-state index is 13.1. The summed E-state index contributed by atoms with van der Waals surface area (Å²) >= 11 is 3.32. The Morgan fingerprint density at radius 2 is 2.07 bits per heavy atom. The van der Waals surface area contributed by atoms with Crippen LogP contribution < -0.4 is 5.32 Å². The van der Waals surface area contributed by atoms with Gasteiger partial charge >= 0.3 is 6.18 Å². The van der Waals surface area contributed by atoms with Gasteiger partial charge in [-0.25, -0.2) is 15.0 Å². The van der Waals surface area contributed by atoms with E-state index >= 15 is 0 Å². The monoisotopic (exact) mass is 477 g/mol. The van der Waals surface area contributed by atoms with Gasteiger partial charge in [0, 0.05) is 18.1 Å². The maximum atomic E-state index is 13.1. The van der Waals surface area contributed by atoms with E-state index < -0.39 is 11.9 Å². The zero-order valence-electron chi connectivity index (χ0n) is 16.0. The number of H-pyrrole nitrogens is 1. The lowest BCUT2D eigenvalue weighted by atomic mass is 10.2. The van der Waals surface area contributed by atoms with Crippen molar-refractivity contribution in [2.24, 2.45) is 4.99 Å². The molecule has 3 heterocycles. The Labute approximate surface area is 180 Å². The summed E-state index contributed by atoms with van der Waals surface area (Å²) in [4.78, 5) is 15.6. The summed E-state index contributed by atoms with van der Waals surface area (Å²) in [6.45, 7) is 1.98. The van der Waals surface area contributed by atoms with Gasteiger partial charge in [0.05, 0.1) is 17.1 Å². The first kappa shape index (κ1) is 21.8. The summed E-state index contributed by atoms with van der Waals surface area (Å²) < 4.78 is 40.1. The van der Waals surface area contributed by atoms with Crippen LogP contribution in [0.1, 0.15) is 36.8 Å². The molecule has 0 aliphatic heterocycles. The number of nitrogens with one attached hydrogen (secondary N) is 2. The minimum Gasteiger partial charge on any atom is -0.359 e. The van der Waals surface area contributed by atoms with Gasteiger partial charge in [-0.05, 0) is 58.7 Å². The molecule has 0 fully saturated rings. The number of rotatable bonds is 6. The Balaban J connectivity index is 2.06. The number of allylic oxidation sites excluding steroid dienone is 1. The second-order valence-corrected chi connectivity index (χ2v) is 7.13. The molecule has 0 saturated carbocycles. The molecule has 0 aliphatic rings. The number of unbranched alkanes of at least 4 members (excludes halogenated alkanes) is 1. The number of hydrogen-bond acceptors (Lipinski definition) is 3. The number of nitrogens with zero attached hydrogens (tertiary/aromatic N) is 3. The van der Waals surface area contributed by atoms with Gasteiger partial charge in [0.25, 0.3) is 0 Å². The fourth-order valence-corrected chi connectivity index (χ4v) is 2.96. The lowest BCUT2D eigenvalue weighted by Crippen LogP contribution is -2.15. The van der Waals surface area contributed by atoms with Crippen molar-refractivity contribution < 1.29 is 13.2 Å². The number of aromatic amines is 1. The summed E-state index contributed by atoms with van der Waals surface area (Å²) in [5, 5.41) is 3.20. The van der Waals surface area contributed by atoms with Crippen LogP contribution in [0.4, 0.5) is 18.9 Å². The molecule has 0 amide bonds. The van der Waals surface area contributed by atoms with E-state index in [-0.39, 0.29) is 5.69 Å². The number of aromatic nitrogens is 3. The second kappa shape index (κ2) is 9.71. The highest BCUT2D eigenvalue weighted by molar-refractivity contribution is 9.10. The van der Waals surface area contributed by atoms with Crippen molar-refractivity contribution in [1.29, 1.82) is 0 Å². The van der Waals surface area contributed by atoms with Crippen LogP contribution in [0, 0.1) is 0 Å². The van der Waals surface area contributed by atoms with Gasteiger partial charge in [-0.15, -0.1) is 0 Å². The topological polar surface area (TPSA) is 66.0 Å². The lowest BCUT2D eigenvalue weighted by molar-refractivity contribution is -0.141. The fourth-order valence-electron chi connectivity index (χ4n) is 2.59. The molecule has 3 rings (SSSR count). The van der Waals surface area contributed by atoms with Crippen LogP contribution in [-0.2, 0) is 6.18 Å². The van der Waals surface area contributed by atoms with Gasteiger partial charge < -0.3 is 10.3 Å². The van der Waals surface area contributed by atoms with Gasteiger partial charge in [-0.1, -0.05) is 25.5 Å². The van der Waals surface area contributed by atoms with Crippen molar-refractivity contribution in [2.75, 3.05) is 5.32 Å². The van der Waals surface area contributed by atoms with Gasteiger partial charge in [0.1, 0.15) is 10.3 Å². The van der Waals surface area contributed by atoms with Crippen LogP contribution in [0.25, 0.3) is 5.70 Å². The van der Waals surface area contributed by atoms with E-state index in [0.29, 0.717) is 28.3 Å². The Bertz CT molecular complexity index is 1040. The van der Waals surface area contributed by atoms with Gasteiger partial charge in [0.15, 0.2) is 5.84 Å². The van der Waals surface area contributed by atoms with E-state index in [1.54, 1.807) is 30.6 Å². The summed E-state index contributed by atoms with van der Waals surface area (Å²) in [6.07, 6.45) is 2.10. The molecule has 0 spiro atoms. The molecule has 156 valence electrons. The van der Waals surface area contributed by atoms with Crippen LogP contribution >= 0.6 is 15.9 Å². The Kier molecular flexibility index (Phi) is 7.04. The van der Waals surface area contributed by atoms with E-state index in [1.165, 1.54) is 12.1 Å². The first-order valence-corrected chi connectivity index (χ1v) is 10.0. The van der Waals surface area contributed by atoms with E-state index in [0.717, 1.165) is 18.2 Å². The molecule has 9 heteroatoms. The number of aliphatic imine (C=N–C) groups is 1. The quantitative estimate of drug-likeness (QED) is 0.249. The van der Waals surface area contributed by atoms with Crippen LogP contribution in [-0.4, -0.2) is 20.8 Å². The molecule has 0 saturated heterocycles. The molecule has 0 unspecified atom stereocenters. The zero-order valence-corrected chi connectivity index (χ0v) is 17.6. The van der Waals surface area contributed by atoms with Crippen molar-refractivity contribution in [1.82, 2.24) is 15.0 Å². The number of hydrogen-bond donors (Lipinski definition) is 2. The third-order valence-corrected chi connectivity index (χ3v) is 4.44. The zero-order chi connectivity index (χ0) is 21.6. The summed E-state index contributed by atoms with van der Waals surface area (Å²) in [5.41, 5.74) is 0.952. The maximum Gasteiger partial charge on any atom is 0.433 e. The molecule has 3 aromatic heterocycles. The fraction of sp³-hybridized carbons (Fsp3) is 0.190. The van der Waals surface area contributed by atoms with Crippen LogP contribution in [0.3, 0.4) is 0 Å². The first-order chi connectivity index (χ1) is 14.4. The van der Waals surface area contributed by atoms with E-state index in [9.17, 15) is 13.2 Å². The van der Waals surface area contributed by atoms with Crippen LogP contribution in [0.15, 0.2) is 70.5 Å². The largest absolute Gasteiger partial charge is 0.433 e. The van der Waals surface area contributed by atoms with Crippen molar-refractivity contribution in [3.8, 4) is 0 Å². The predicted octanol–water partition coefficient (Wildman–Crippen LogP) is 6.29. The van der Waals surface area contributed by atoms with Crippen molar-refractivity contribution in [3.63, 3.8) is 0 Å². The number of halogens is 4. The highest BCUT2D eigenvalue weighted by Gasteiger charge is 2.32. The van der Waals surface area contributed by atoms with Crippen LogP contribution in [0.2, 0.25) is 0 Å². The normalized spacial score (nSPS) is 12.8. The highest BCUT2D eigenvalue weighted by atomic mass is 79.9. The minimum absolute atomic E-state index is 0.153. The predicted molar refractivity (Wildman–Crippen MR) is 115 cm³/mol. The minimum atomic E-state index is -4.53.